The molecule has 0 amide bonds. The van der Waals surface area contributed by atoms with E-state index in [0.717, 1.165) is 32.3 Å². The quantitative estimate of drug-likeness (QED) is 0.355. The predicted molar refractivity (Wildman–Crippen MR) is 81.2 cm³/mol. The molecule has 0 aliphatic carbocycles. The molecule has 0 aromatic carbocycles. The van der Waals surface area contributed by atoms with Gasteiger partial charge in [-0.3, -0.25) is 0 Å². The Morgan fingerprint density at radius 2 is 1.63 bits per heavy atom. The molecule has 0 spiro atoms. The molecule has 0 aromatic rings. The van der Waals surface area contributed by atoms with Gasteiger partial charge in [0, 0.05) is 19.6 Å². The number of hydrogen-bond acceptors (Lipinski definition) is 3. The first-order valence-electron chi connectivity index (χ1n) is 7.28. The zero-order valence-electron chi connectivity index (χ0n) is 13.6. The number of carbonyl (C=O) groups excluding carboxylic acids is 1. The van der Waals surface area contributed by atoms with Gasteiger partial charge in [-0.05, 0) is 53.4 Å². The second-order valence-electron chi connectivity index (χ2n) is 4.84. The van der Waals surface area contributed by atoms with Gasteiger partial charge in [-0.1, -0.05) is 18.6 Å². The Kier molecular flexibility index (Phi) is 16.7. The van der Waals surface area contributed by atoms with Gasteiger partial charge in [-0.15, -0.1) is 0 Å². The zero-order valence-corrected chi connectivity index (χ0v) is 13.6. The molecule has 3 nitrogen and oxygen atoms in total. The topological polar surface area (TPSA) is 35.5 Å². The van der Waals surface area contributed by atoms with Crippen LogP contribution in [0.5, 0.6) is 0 Å². The molecule has 0 aliphatic rings. The second-order valence-corrected chi connectivity index (χ2v) is 4.84. The van der Waals surface area contributed by atoms with Crippen molar-refractivity contribution >= 4 is 6.29 Å². The van der Waals surface area contributed by atoms with Crippen LogP contribution in [0.3, 0.4) is 0 Å². The molecule has 0 aromatic heterocycles. The van der Waals surface area contributed by atoms with Gasteiger partial charge in [-0.25, -0.2) is 0 Å². The lowest BCUT2D eigenvalue weighted by Gasteiger charge is -2.09. The van der Waals surface area contributed by atoms with Crippen LogP contribution in [0.15, 0.2) is 11.6 Å². The monoisotopic (exact) mass is 272 g/mol. The summed E-state index contributed by atoms with van der Waals surface area (Å²) in [5.41, 5.74) is 1.36. The lowest BCUT2D eigenvalue weighted by atomic mass is 10.0. The van der Waals surface area contributed by atoms with E-state index in [1.54, 1.807) is 0 Å². The molecule has 0 saturated heterocycles. The van der Waals surface area contributed by atoms with E-state index < -0.39 is 0 Å². The van der Waals surface area contributed by atoms with E-state index in [2.05, 4.69) is 26.8 Å². The van der Waals surface area contributed by atoms with Crippen LogP contribution >= 0.6 is 0 Å². The molecule has 1 unspecified atom stereocenters. The highest BCUT2D eigenvalue weighted by atomic mass is 16.7. The van der Waals surface area contributed by atoms with Gasteiger partial charge in [-0.2, -0.15) is 0 Å². The molecule has 0 rings (SSSR count). The molecule has 0 N–H and O–H groups in total. The summed E-state index contributed by atoms with van der Waals surface area (Å²) in [5.74, 6) is 0.545. The molecule has 114 valence electrons. The third-order valence-corrected chi connectivity index (χ3v) is 2.51. The van der Waals surface area contributed by atoms with Crippen LogP contribution in [0, 0.1) is 5.92 Å². The van der Waals surface area contributed by atoms with Crippen molar-refractivity contribution in [3.05, 3.63) is 11.6 Å². The van der Waals surface area contributed by atoms with Crippen molar-refractivity contribution in [1.29, 1.82) is 0 Å². The van der Waals surface area contributed by atoms with Crippen molar-refractivity contribution in [2.75, 3.05) is 13.2 Å². The minimum atomic E-state index is -0.0370. The van der Waals surface area contributed by atoms with Gasteiger partial charge in [0.25, 0.3) is 0 Å². The van der Waals surface area contributed by atoms with Crippen molar-refractivity contribution in [3.63, 3.8) is 0 Å². The highest BCUT2D eigenvalue weighted by molar-refractivity contribution is 5.49. The first-order chi connectivity index (χ1) is 8.97. The molecule has 0 aliphatic heterocycles. The van der Waals surface area contributed by atoms with Crippen LogP contribution in [0.1, 0.15) is 60.8 Å². The molecule has 0 heterocycles. The summed E-state index contributed by atoms with van der Waals surface area (Å²) in [6.07, 6.45) is 6.14. The Morgan fingerprint density at radius 3 is 2.00 bits per heavy atom. The Bertz CT molecular complexity index is 214. The maximum Gasteiger partial charge on any atom is 0.154 e. The van der Waals surface area contributed by atoms with Crippen molar-refractivity contribution in [1.82, 2.24) is 0 Å². The standard InChI is InChI=1S/C10H18O.C6H14O2/c1-9(2)5-4-6-10(3)7-8-11;1-4-7-6(3)8-5-2/h5,8,10H,4,6-7H2,1-3H3;6H,4-5H2,1-3H3. The number of carbonyl (C=O) groups is 1. The van der Waals surface area contributed by atoms with Crippen LogP contribution < -0.4 is 0 Å². The maximum atomic E-state index is 10.1. The van der Waals surface area contributed by atoms with Gasteiger partial charge >= 0.3 is 0 Å². The van der Waals surface area contributed by atoms with Crippen molar-refractivity contribution in [2.45, 2.75) is 67.1 Å². The summed E-state index contributed by atoms with van der Waals surface area (Å²) in [6.45, 7) is 13.6. The van der Waals surface area contributed by atoms with E-state index in [1.807, 2.05) is 20.8 Å². The molecule has 19 heavy (non-hydrogen) atoms. The number of ether oxygens (including phenoxy) is 2. The fourth-order valence-electron chi connectivity index (χ4n) is 1.46. The first-order valence-corrected chi connectivity index (χ1v) is 7.28. The van der Waals surface area contributed by atoms with Gasteiger partial charge in [0.05, 0.1) is 0 Å². The lowest BCUT2D eigenvalue weighted by Crippen LogP contribution is -2.11. The average molecular weight is 272 g/mol. The highest BCUT2D eigenvalue weighted by Crippen LogP contribution is 2.09. The van der Waals surface area contributed by atoms with Crippen molar-refractivity contribution < 1.29 is 14.3 Å². The number of aldehydes is 1. The minimum absolute atomic E-state index is 0.0370. The molecule has 0 bridgehead atoms. The van der Waals surface area contributed by atoms with Gasteiger partial charge in [0.15, 0.2) is 6.29 Å². The van der Waals surface area contributed by atoms with E-state index in [1.165, 1.54) is 5.57 Å². The summed E-state index contributed by atoms with van der Waals surface area (Å²) in [6, 6.07) is 0. The van der Waals surface area contributed by atoms with Crippen molar-refractivity contribution in [3.8, 4) is 0 Å². The minimum Gasteiger partial charge on any atom is -0.353 e. The highest BCUT2D eigenvalue weighted by Gasteiger charge is 1.98. The van der Waals surface area contributed by atoms with Crippen LogP contribution in [-0.4, -0.2) is 25.8 Å². The number of hydrogen-bond donors (Lipinski definition) is 0. The first kappa shape index (κ1) is 20.6. The summed E-state index contributed by atoms with van der Waals surface area (Å²) >= 11 is 0. The Labute approximate surface area is 119 Å². The molecular weight excluding hydrogens is 240 g/mol. The van der Waals surface area contributed by atoms with E-state index >= 15 is 0 Å². The van der Waals surface area contributed by atoms with Gasteiger partial charge in [0.1, 0.15) is 6.29 Å². The summed E-state index contributed by atoms with van der Waals surface area (Å²) in [4.78, 5) is 10.1. The van der Waals surface area contributed by atoms with Crippen LogP contribution in [-0.2, 0) is 14.3 Å². The van der Waals surface area contributed by atoms with Crippen molar-refractivity contribution in [2.24, 2.45) is 5.92 Å². The zero-order chi connectivity index (χ0) is 15.1. The third-order valence-electron chi connectivity index (χ3n) is 2.51. The smallest absolute Gasteiger partial charge is 0.154 e. The third kappa shape index (κ3) is 19.8. The number of allylic oxidation sites excluding steroid dienone is 2. The predicted octanol–water partition coefficient (Wildman–Crippen LogP) is 4.36. The average Bonchev–Trinajstić information content (AvgIpc) is 2.30. The molecule has 0 fully saturated rings. The maximum absolute atomic E-state index is 10.1. The summed E-state index contributed by atoms with van der Waals surface area (Å²) in [5, 5.41) is 0. The second kappa shape index (κ2) is 15.4. The van der Waals surface area contributed by atoms with E-state index in [-0.39, 0.29) is 6.29 Å². The Morgan fingerprint density at radius 1 is 1.11 bits per heavy atom. The largest absolute Gasteiger partial charge is 0.353 e. The molecule has 0 saturated carbocycles. The van der Waals surface area contributed by atoms with E-state index in [4.69, 9.17) is 9.47 Å². The number of rotatable bonds is 9. The fourth-order valence-corrected chi connectivity index (χ4v) is 1.46. The normalized spacial score (nSPS) is 11.5. The van der Waals surface area contributed by atoms with Crippen LogP contribution in [0.2, 0.25) is 0 Å². The van der Waals surface area contributed by atoms with Gasteiger partial charge < -0.3 is 14.3 Å². The summed E-state index contributed by atoms with van der Waals surface area (Å²) < 4.78 is 10.1. The summed E-state index contributed by atoms with van der Waals surface area (Å²) in [7, 11) is 0. The Balaban J connectivity index is 0. The SMILES string of the molecule is CC(C)=CCCC(C)CC=O.CCOC(C)OCC. The Hall–Kier alpha value is -0.670. The lowest BCUT2D eigenvalue weighted by molar-refractivity contribution is -0.123. The van der Waals surface area contributed by atoms with Crippen LogP contribution in [0.25, 0.3) is 0 Å². The molecule has 0 radical (unpaired) electrons. The molecule has 1 atom stereocenters. The fraction of sp³-hybridized carbons (Fsp3) is 0.812. The molecule has 3 heteroatoms. The van der Waals surface area contributed by atoms with E-state index in [0.29, 0.717) is 12.3 Å². The van der Waals surface area contributed by atoms with E-state index in [9.17, 15) is 4.79 Å². The van der Waals surface area contributed by atoms with Crippen LogP contribution in [0.4, 0.5) is 0 Å². The molecular formula is C16H32O3. The van der Waals surface area contributed by atoms with Gasteiger partial charge in [0.2, 0.25) is 0 Å².